The van der Waals surface area contributed by atoms with Crippen LogP contribution in [0.5, 0.6) is 0 Å². The normalized spacial score (nSPS) is 20.1. The summed E-state index contributed by atoms with van der Waals surface area (Å²) in [4.78, 5) is 4.26. The van der Waals surface area contributed by atoms with Gasteiger partial charge >= 0.3 is 0 Å². The van der Waals surface area contributed by atoms with Crippen molar-refractivity contribution in [1.29, 1.82) is 5.26 Å². The molecular weight excluding hydrogens is 236 g/mol. The average molecular weight is 258 g/mol. The van der Waals surface area contributed by atoms with Gasteiger partial charge in [0.15, 0.2) is 0 Å². The first kappa shape index (κ1) is 14.0. The van der Waals surface area contributed by atoms with Crippen LogP contribution < -0.4 is 0 Å². The number of aliphatic hydroxyl groups is 1. The van der Waals surface area contributed by atoms with E-state index in [1.807, 2.05) is 0 Å². The highest BCUT2D eigenvalue weighted by molar-refractivity contribution is 5.30. The van der Waals surface area contributed by atoms with Crippen LogP contribution in [0.3, 0.4) is 0 Å². The molecule has 1 aliphatic rings. The molecule has 2 rings (SSSR count). The Morgan fingerprint density at radius 3 is 2.16 bits per heavy atom. The summed E-state index contributed by atoms with van der Waals surface area (Å²) in [6.45, 7) is 8.91. The third-order valence-corrected chi connectivity index (χ3v) is 4.91. The molecule has 0 spiro atoms. The predicted molar refractivity (Wildman–Crippen MR) is 74.2 cm³/mol. The second-order valence-corrected chi connectivity index (χ2v) is 6.47. The highest BCUT2D eigenvalue weighted by Gasteiger charge is 2.57. The van der Waals surface area contributed by atoms with E-state index in [4.69, 9.17) is 5.26 Å². The standard InChI is InChI=1S/C16H22N2O/c1-11(2)15(12(3)4)9-16(19,10-15)14-6-5-13(7-17)8-18-14/h5-6,8,11-12,19H,9-10H2,1-4H3. The van der Waals surface area contributed by atoms with E-state index in [2.05, 4.69) is 38.7 Å². The van der Waals surface area contributed by atoms with Gasteiger partial charge in [0.25, 0.3) is 0 Å². The number of aromatic nitrogens is 1. The Kier molecular flexibility index (Phi) is 3.40. The number of nitrogens with zero attached hydrogens (tertiary/aromatic N) is 2. The Bertz CT molecular complexity index is 480. The van der Waals surface area contributed by atoms with Crippen LogP contribution in [0, 0.1) is 28.6 Å². The molecule has 3 heteroatoms. The topological polar surface area (TPSA) is 56.9 Å². The third kappa shape index (κ3) is 2.15. The molecule has 0 radical (unpaired) electrons. The third-order valence-electron chi connectivity index (χ3n) is 4.91. The van der Waals surface area contributed by atoms with Gasteiger partial charge in [-0.1, -0.05) is 27.7 Å². The molecule has 19 heavy (non-hydrogen) atoms. The van der Waals surface area contributed by atoms with Gasteiger partial charge in [-0.3, -0.25) is 4.98 Å². The maximum Gasteiger partial charge on any atom is 0.108 e. The molecule has 0 bridgehead atoms. The molecule has 0 unspecified atom stereocenters. The largest absolute Gasteiger partial charge is 0.384 e. The van der Waals surface area contributed by atoms with Crippen LogP contribution >= 0.6 is 0 Å². The van der Waals surface area contributed by atoms with Crippen molar-refractivity contribution in [2.24, 2.45) is 17.3 Å². The van der Waals surface area contributed by atoms with Crippen LogP contribution in [0.15, 0.2) is 18.3 Å². The molecule has 0 aliphatic heterocycles. The Morgan fingerprint density at radius 2 is 1.79 bits per heavy atom. The molecule has 0 atom stereocenters. The second-order valence-electron chi connectivity index (χ2n) is 6.47. The van der Waals surface area contributed by atoms with E-state index in [0.717, 1.165) is 12.8 Å². The summed E-state index contributed by atoms with van der Waals surface area (Å²) in [5.41, 5.74) is 0.612. The van der Waals surface area contributed by atoms with Gasteiger partial charge in [-0.15, -0.1) is 0 Å². The number of nitriles is 1. The van der Waals surface area contributed by atoms with Crippen molar-refractivity contribution in [2.45, 2.75) is 46.1 Å². The monoisotopic (exact) mass is 258 g/mol. The summed E-state index contributed by atoms with van der Waals surface area (Å²) >= 11 is 0. The van der Waals surface area contributed by atoms with Gasteiger partial charge < -0.3 is 5.11 Å². The molecule has 1 aliphatic carbocycles. The first-order valence-corrected chi connectivity index (χ1v) is 6.93. The maximum atomic E-state index is 10.7. The SMILES string of the molecule is CC(C)C1(C(C)C)CC(O)(c2ccc(C#N)cn2)C1. The van der Waals surface area contributed by atoms with Gasteiger partial charge in [0.1, 0.15) is 11.7 Å². The molecule has 3 nitrogen and oxygen atoms in total. The minimum atomic E-state index is -0.817. The Morgan fingerprint density at radius 1 is 1.21 bits per heavy atom. The average Bonchev–Trinajstić information content (AvgIpc) is 2.34. The molecule has 1 aromatic rings. The van der Waals surface area contributed by atoms with Crippen LogP contribution in [-0.2, 0) is 5.60 Å². The summed E-state index contributed by atoms with van der Waals surface area (Å²) < 4.78 is 0. The highest BCUT2D eigenvalue weighted by atomic mass is 16.3. The van der Waals surface area contributed by atoms with Crippen molar-refractivity contribution in [3.8, 4) is 6.07 Å². The van der Waals surface area contributed by atoms with Crippen LogP contribution in [0.25, 0.3) is 0 Å². The zero-order valence-corrected chi connectivity index (χ0v) is 12.1. The van der Waals surface area contributed by atoms with E-state index >= 15 is 0 Å². The van der Waals surface area contributed by atoms with E-state index < -0.39 is 5.60 Å². The lowest BCUT2D eigenvalue weighted by Crippen LogP contribution is -2.55. The quantitative estimate of drug-likeness (QED) is 0.905. The van der Waals surface area contributed by atoms with Crippen LogP contribution in [0.4, 0.5) is 0 Å². The fourth-order valence-electron chi connectivity index (χ4n) is 3.44. The van der Waals surface area contributed by atoms with Crippen LogP contribution in [0.1, 0.15) is 51.8 Å². The van der Waals surface area contributed by atoms with E-state index in [1.54, 1.807) is 12.1 Å². The lowest BCUT2D eigenvalue weighted by atomic mass is 9.49. The predicted octanol–water partition coefficient (Wildman–Crippen LogP) is 3.23. The zero-order chi connectivity index (χ0) is 14.3. The van der Waals surface area contributed by atoms with Gasteiger partial charge in [0, 0.05) is 6.20 Å². The first-order chi connectivity index (χ1) is 8.84. The molecule has 1 fully saturated rings. The van der Waals surface area contributed by atoms with Crippen molar-refractivity contribution in [1.82, 2.24) is 4.98 Å². The number of rotatable bonds is 3. The summed E-state index contributed by atoms with van der Waals surface area (Å²) in [7, 11) is 0. The fraction of sp³-hybridized carbons (Fsp3) is 0.625. The zero-order valence-electron chi connectivity index (χ0n) is 12.1. The van der Waals surface area contributed by atoms with Gasteiger partial charge in [-0.25, -0.2) is 0 Å². The van der Waals surface area contributed by atoms with E-state index in [0.29, 0.717) is 23.1 Å². The van der Waals surface area contributed by atoms with Gasteiger partial charge in [-0.2, -0.15) is 5.26 Å². The van der Waals surface area contributed by atoms with Crippen molar-refractivity contribution >= 4 is 0 Å². The molecule has 102 valence electrons. The number of pyridine rings is 1. The second kappa shape index (κ2) is 4.61. The molecule has 0 saturated heterocycles. The van der Waals surface area contributed by atoms with E-state index in [-0.39, 0.29) is 5.41 Å². The van der Waals surface area contributed by atoms with Gasteiger partial charge in [-0.05, 0) is 42.2 Å². The first-order valence-electron chi connectivity index (χ1n) is 6.93. The Balaban J connectivity index is 2.22. The van der Waals surface area contributed by atoms with Crippen LogP contribution in [-0.4, -0.2) is 10.1 Å². The van der Waals surface area contributed by atoms with Crippen molar-refractivity contribution in [3.05, 3.63) is 29.6 Å². The van der Waals surface area contributed by atoms with Crippen LogP contribution in [0.2, 0.25) is 0 Å². The van der Waals surface area contributed by atoms with Gasteiger partial charge in [0.05, 0.1) is 11.3 Å². The number of hydrogen-bond acceptors (Lipinski definition) is 3. The molecule has 0 aromatic carbocycles. The van der Waals surface area contributed by atoms with Crippen molar-refractivity contribution in [2.75, 3.05) is 0 Å². The minimum absolute atomic E-state index is 0.199. The summed E-state index contributed by atoms with van der Waals surface area (Å²) in [6.07, 6.45) is 3.06. The summed E-state index contributed by atoms with van der Waals surface area (Å²) in [5, 5.41) is 19.5. The lowest BCUT2D eigenvalue weighted by molar-refractivity contribution is -0.178. The molecule has 1 heterocycles. The summed E-state index contributed by atoms with van der Waals surface area (Å²) in [6, 6.07) is 5.56. The highest BCUT2D eigenvalue weighted by Crippen LogP contribution is 2.61. The van der Waals surface area contributed by atoms with Crippen molar-refractivity contribution < 1.29 is 5.11 Å². The fourth-order valence-corrected chi connectivity index (χ4v) is 3.44. The Hall–Kier alpha value is -1.40. The van der Waals surface area contributed by atoms with E-state index in [1.165, 1.54) is 6.20 Å². The maximum absolute atomic E-state index is 10.7. The lowest BCUT2D eigenvalue weighted by Gasteiger charge is -2.58. The van der Waals surface area contributed by atoms with E-state index in [9.17, 15) is 5.11 Å². The molecular formula is C16H22N2O. The summed E-state index contributed by atoms with van der Waals surface area (Å²) in [5.74, 6) is 1.09. The molecule has 0 amide bonds. The number of hydrogen-bond donors (Lipinski definition) is 1. The smallest absolute Gasteiger partial charge is 0.108 e. The Labute approximate surface area is 115 Å². The molecule has 1 aromatic heterocycles. The van der Waals surface area contributed by atoms with Crippen molar-refractivity contribution in [3.63, 3.8) is 0 Å². The molecule has 1 saturated carbocycles. The van der Waals surface area contributed by atoms with Gasteiger partial charge in [0.2, 0.25) is 0 Å². The minimum Gasteiger partial charge on any atom is -0.384 e. The molecule has 1 N–H and O–H groups in total.